The first-order chi connectivity index (χ1) is 4.29. The van der Waals surface area contributed by atoms with E-state index in [1.807, 2.05) is 0 Å². The Kier molecular flexibility index (Phi) is 2.05. The van der Waals surface area contributed by atoms with Crippen LogP contribution in [0.5, 0.6) is 0 Å². The second kappa shape index (κ2) is 2.82. The van der Waals surface area contributed by atoms with Crippen molar-refractivity contribution in [3.63, 3.8) is 0 Å². The summed E-state index contributed by atoms with van der Waals surface area (Å²) in [6.07, 6.45) is 1.87. The highest BCUT2D eigenvalue weighted by Crippen LogP contribution is 2.03. The summed E-state index contributed by atoms with van der Waals surface area (Å²) >= 11 is 2.80. The molecule has 0 aliphatic heterocycles. The zero-order chi connectivity index (χ0) is 6.69. The van der Waals surface area contributed by atoms with Gasteiger partial charge in [-0.15, -0.1) is 0 Å². The average Bonchev–Trinajstić information content (AvgIpc) is 2.15. The first-order valence-electron chi connectivity index (χ1n) is 2.50. The van der Waals surface area contributed by atoms with E-state index in [1.165, 1.54) is 0 Å². The van der Waals surface area contributed by atoms with Crippen LogP contribution in [0.15, 0.2) is 22.8 Å². The molecule has 0 radical (unpaired) electrons. The first-order valence-corrected chi connectivity index (χ1v) is 3.29. The molecular weight excluding hydrogens is 184 g/mol. The molecule has 2 nitrogen and oxygen atoms in total. The lowest BCUT2D eigenvalue weighted by Crippen LogP contribution is -1.88. The maximum atomic E-state index is 10.4. The lowest BCUT2D eigenvalue weighted by molar-refractivity contribution is -0.110. The van der Waals surface area contributed by atoms with Crippen molar-refractivity contribution in [2.45, 2.75) is 6.42 Å². The third-order valence-electron chi connectivity index (χ3n) is 0.893. The Bertz CT molecular complexity index is 191. The van der Waals surface area contributed by atoms with Crippen LogP contribution in [0.25, 0.3) is 0 Å². The van der Waals surface area contributed by atoms with E-state index < -0.39 is 0 Å². The largest absolute Gasteiger partial charge is 0.469 e. The van der Waals surface area contributed by atoms with E-state index in [0.717, 1.165) is 0 Å². The summed E-state index contributed by atoms with van der Waals surface area (Å²) in [5.41, 5.74) is 0. The summed E-state index contributed by atoms with van der Waals surface area (Å²) in [6.45, 7) is 0. The van der Waals surface area contributed by atoms with Crippen molar-refractivity contribution >= 4 is 20.6 Å². The molecule has 0 bridgehead atoms. The van der Waals surface area contributed by atoms with Crippen molar-refractivity contribution in [2.75, 3.05) is 0 Å². The summed E-state index contributed by atoms with van der Waals surface area (Å²) < 4.78 is 4.84. The first kappa shape index (κ1) is 6.55. The van der Waals surface area contributed by atoms with Crippen LogP contribution in [0.3, 0.4) is 0 Å². The summed E-state index contributed by atoms with van der Waals surface area (Å²) in [5, 5.41) is 0. The predicted octanol–water partition coefficient (Wildman–Crippen LogP) is 1.74. The number of halogens is 1. The molecule has 1 heterocycles. The minimum absolute atomic E-state index is 0.0579. The molecule has 0 aliphatic rings. The van der Waals surface area contributed by atoms with E-state index in [0.29, 0.717) is 12.2 Å². The summed E-state index contributed by atoms with van der Waals surface area (Å²) in [7, 11) is 0. The Morgan fingerprint density at radius 1 is 1.78 bits per heavy atom. The lowest BCUT2D eigenvalue weighted by Gasteiger charge is -1.84. The van der Waals surface area contributed by atoms with E-state index in [-0.39, 0.29) is 4.69 Å². The van der Waals surface area contributed by atoms with E-state index in [4.69, 9.17) is 4.42 Å². The van der Waals surface area contributed by atoms with E-state index in [9.17, 15) is 4.79 Å². The standard InChI is InChI=1S/C6H5BrO2/c7-6(8)4-5-2-1-3-9-5/h1-3H,4H2. The fraction of sp³-hybridized carbons (Fsp3) is 0.167. The van der Waals surface area contributed by atoms with Gasteiger partial charge in [-0.3, -0.25) is 4.79 Å². The van der Waals surface area contributed by atoms with Gasteiger partial charge in [-0.2, -0.15) is 0 Å². The molecule has 0 unspecified atom stereocenters. The molecule has 3 heteroatoms. The summed E-state index contributed by atoms with van der Waals surface area (Å²) in [6, 6.07) is 3.52. The molecule has 0 aliphatic carbocycles. The van der Waals surface area contributed by atoms with Crippen LogP contribution in [0.1, 0.15) is 5.76 Å². The Morgan fingerprint density at radius 3 is 3.00 bits per heavy atom. The second-order valence-electron chi connectivity index (χ2n) is 1.61. The van der Waals surface area contributed by atoms with Crippen molar-refractivity contribution < 1.29 is 9.21 Å². The monoisotopic (exact) mass is 188 g/mol. The number of carbonyl (C=O) groups excluding carboxylic acids is 1. The topological polar surface area (TPSA) is 30.2 Å². The van der Waals surface area contributed by atoms with Gasteiger partial charge < -0.3 is 4.42 Å². The average molecular weight is 189 g/mol. The quantitative estimate of drug-likeness (QED) is 0.663. The van der Waals surface area contributed by atoms with Gasteiger partial charge in [-0.1, -0.05) is 0 Å². The normalized spacial score (nSPS) is 9.44. The Balaban J connectivity index is 2.58. The Labute approximate surface area is 61.0 Å². The van der Waals surface area contributed by atoms with E-state index in [1.54, 1.807) is 18.4 Å². The van der Waals surface area contributed by atoms with Crippen molar-refractivity contribution in [1.82, 2.24) is 0 Å². The van der Waals surface area contributed by atoms with Gasteiger partial charge in [0.05, 0.1) is 12.7 Å². The molecule has 1 aromatic rings. The maximum absolute atomic E-state index is 10.4. The highest BCUT2D eigenvalue weighted by molar-refractivity contribution is 9.18. The molecule has 0 fully saturated rings. The molecule has 0 aromatic carbocycles. The molecule has 48 valence electrons. The van der Waals surface area contributed by atoms with Crippen LogP contribution >= 0.6 is 15.9 Å². The van der Waals surface area contributed by atoms with Crippen LogP contribution < -0.4 is 0 Å². The maximum Gasteiger partial charge on any atom is 0.205 e. The molecule has 1 aromatic heterocycles. The van der Waals surface area contributed by atoms with Gasteiger partial charge in [0.15, 0.2) is 0 Å². The zero-order valence-corrected chi connectivity index (χ0v) is 6.22. The Hall–Kier alpha value is -0.570. The second-order valence-corrected chi connectivity index (χ2v) is 2.50. The SMILES string of the molecule is O=C(Br)Cc1ccco1. The smallest absolute Gasteiger partial charge is 0.205 e. The molecule has 0 spiro atoms. The van der Waals surface area contributed by atoms with Crippen molar-refractivity contribution in [3.8, 4) is 0 Å². The third kappa shape index (κ3) is 2.01. The van der Waals surface area contributed by atoms with Crippen molar-refractivity contribution in [2.24, 2.45) is 0 Å². The van der Waals surface area contributed by atoms with Gasteiger partial charge in [0.2, 0.25) is 4.69 Å². The fourth-order valence-electron chi connectivity index (χ4n) is 0.550. The van der Waals surface area contributed by atoms with Gasteiger partial charge in [0.25, 0.3) is 0 Å². The number of hydrogen-bond donors (Lipinski definition) is 0. The van der Waals surface area contributed by atoms with Crippen LogP contribution in [0, 0.1) is 0 Å². The summed E-state index contributed by atoms with van der Waals surface area (Å²) in [5.74, 6) is 0.692. The summed E-state index contributed by atoms with van der Waals surface area (Å²) in [4.78, 5) is 10.4. The zero-order valence-electron chi connectivity index (χ0n) is 4.63. The van der Waals surface area contributed by atoms with E-state index >= 15 is 0 Å². The minimum Gasteiger partial charge on any atom is -0.469 e. The minimum atomic E-state index is -0.0579. The van der Waals surface area contributed by atoms with Crippen molar-refractivity contribution in [1.29, 1.82) is 0 Å². The fourth-order valence-corrected chi connectivity index (χ4v) is 0.826. The van der Waals surface area contributed by atoms with Gasteiger partial charge in [0, 0.05) is 0 Å². The van der Waals surface area contributed by atoms with Gasteiger partial charge >= 0.3 is 0 Å². The van der Waals surface area contributed by atoms with Gasteiger partial charge in [-0.25, -0.2) is 0 Å². The highest BCUT2D eigenvalue weighted by atomic mass is 79.9. The predicted molar refractivity (Wildman–Crippen MR) is 36.3 cm³/mol. The molecule has 0 N–H and O–H groups in total. The van der Waals surface area contributed by atoms with Gasteiger partial charge in [-0.05, 0) is 28.1 Å². The molecule has 0 saturated carbocycles. The van der Waals surface area contributed by atoms with Crippen molar-refractivity contribution in [3.05, 3.63) is 24.2 Å². The third-order valence-corrected chi connectivity index (χ3v) is 1.17. The van der Waals surface area contributed by atoms with E-state index in [2.05, 4.69) is 15.9 Å². The van der Waals surface area contributed by atoms with Crippen LogP contribution in [-0.4, -0.2) is 4.69 Å². The highest BCUT2D eigenvalue weighted by Gasteiger charge is 1.99. The molecule has 0 saturated heterocycles. The number of rotatable bonds is 2. The lowest BCUT2D eigenvalue weighted by atomic mass is 10.4. The Morgan fingerprint density at radius 2 is 2.56 bits per heavy atom. The number of carbonyl (C=O) groups is 1. The van der Waals surface area contributed by atoms with Crippen LogP contribution in [0.2, 0.25) is 0 Å². The molecule has 0 amide bonds. The molecule has 1 rings (SSSR count). The number of furan rings is 1. The molecule has 9 heavy (non-hydrogen) atoms. The molecular formula is C6H5BrO2. The van der Waals surface area contributed by atoms with Gasteiger partial charge in [0.1, 0.15) is 5.76 Å². The molecule has 0 atom stereocenters. The number of hydrogen-bond acceptors (Lipinski definition) is 2. The van der Waals surface area contributed by atoms with Crippen LogP contribution in [0.4, 0.5) is 0 Å². The van der Waals surface area contributed by atoms with Crippen LogP contribution in [-0.2, 0) is 11.2 Å².